The zero-order valence-electron chi connectivity index (χ0n) is 8.83. The average molecular weight is 238 g/mol. The highest BCUT2D eigenvalue weighted by Gasteiger charge is 2.13. The lowest BCUT2D eigenvalue weighted by atomic mass is 10.1. The maximum Gasteiger partial charge on any atom is 0.166 e. The van der Waals surface area contributed by atoms with Crippen LogP contribution in [0.1, 0.15) is 16.8 Å². The summed E-state index contributed by atoms with van der Waals surface area (Å²) in [5, 5.41) is 2.41. The third-order valence-corrected chi connectivity index (χ3v) is 3.39. The van der Waals surface area contributed by atoms with Gasteiger partial charge in [0, 0.05) is 29.9 Å². The molecule has 2 nitrogen and oxygen atoms in total. The van der Waals surface area contributed by atoms with Crippen LogP contribution in [-0.4, -0.2) is 19.5 Å². The molecule has 0 aliphatic heterocycles. The predicted octanol–water partition coefficient (Wildman–Crippen LogP) is 3.26. The number of hydrogen-bond acceptors (Lipinski definition) is 3. The van der Waals surface area contributed by atoms with E-state index in [0.29, 0.717) is 28.7 Å². The smallest absolute Gasteiger partial charge is 0.166 e. The molecule has 1 aromatic heterocycles. The van der Waals surface area contributed by atoms with Gasteiger partial charge in [0.15, 0.2) is 5.78 Å². The normalized spacial score (nSPS) is 10.9. The van der Waals surface area contributed by atoms with Crippen LogP contribution < -0.4 is 0 Å². The van der Waals surface area contributed by atoms with Crippen LogP contribution in [0.15, 0.2) is 23.6 Å². The molecule has 0 amide bonds. The first kappa shape index (κ1) is 11.2. The van der Waals surface area contributed by atoms with Gasteiger partial charge in [0.1, 0.15) is 5.82 Å². The number of benzene rings is 1. The van der Waals surface area contributed by atoms with Gasteiger partial charge in [0.05, 0.1) is 11.3 Å². The van der Waals surface area contributed by atoms with Crippen molar-refractivity contribution in [3.05, 3.63) is 35.0 Å². The number of thiophene rings is 1. The standard InChI is InChI=1S/C12H11FO2S/c1-15-6-5-11(14)9-7-16-12-8(9)3-2-4-10(12)13/h2-4,7H,5-6H2,1H3. The van der Waals surface area contributed by atoms with E-state index in [1.54, 1.807) is 24.6 Å². The van der Waals surface area contributed by atoms with Crippen LogP contribution in [0, 0.1) is 5.82 Å². The van der Waals surface area contributed by atoms with Gasteiger partial charge >= 0.3 is 0 Å². The molecule has 16 heavy (non-hydrogen) atoms. The minimum Gasteiger partial charge on any atom is -0.384 e. The zero-order valence-corrected chi connectivity index (χ0v) is 9.64. The summed E-state index contributed by atoms with van der Waals surface area (Å²) in [6.45, 7) is 0.394. The number of carbonyl (C=O) groups excluding carboxylic acids is 1. The maximum atomic E-state index is 13.4. The van der Waals surface area contributed by atoms with E-state index in [-0.39, 0.29) is 11.6 Å². The summed E-state index contributed by atoms with van der Waals surface area (Å²) < 4.78 is 18.8. The van der Waals surface area contributed by atoms with E-state index in [1.165, 1.54) is 17.4 Å². The molecule has 1 aromatic carbocycles. The van der Waals surface area contributed by atoms with Crippen LogP contribution in [0.5, 0.6) is 0 Å². The second kappa shape index (κ2) is 4.72. The Labute approximate surface area is 96.7 Å². The number of halogens is 1. The molecular weight excluding hydrogens is 227 g/mol. The fourth-order valence-electron chi connectivity index (χ4n) is 1.57. The monoisotopic (exact) mass is 238 g/mol. The Hall–Kier alpha value is -1.26. The van der Waals surface area contributed by atoms with E-state index in [1.807, 2.05) is 0 Å². The molecular formula is C12H11FO2S. The predicted molar refractivity (Wildman–Crippen MR) is 62.6 cm³/mol. The molecule has 0 aliphatic carbocycles. The third kappa shape index (κ3) is 1.99. The van der Waals surface area contributed by atoms with Gasteiger partial charge in [-0.3, -0.25) is 4.79 Å². The van der Waals surface area contributed by atoms with Gasteiger partial charge in [0.2, 0.25) is 0 Å². The number of ketones is 1. The highest BCUT2D eigenvalue weighted by Crippen LogP contribution is 2.28. The first-order chi connectivity index (χ1) is 7.74. The van der Waals surface area contributed by atoms with Crippen LogP contribution >= 0.6 is 11.3 Å². The Kier molecular flexibility index (Phi) is 3.31. The molecule has 4 heteroatoms. The van der Waals surface area contributed by atoms with Crippen molar-refractivity contribution in [3.63, 3.8) is 0 Å². The number of hydrogen-bond donors (Lipinski definition) is 0. The van der Waals surface area contributed by atoms with Crippen molar-refractivity contribution in [2.24, 2.45) is 0 Å². The molecule has 0 bridgehead atoms. The highest BCUT2D eigenvalue weighted by atomic mass is 32.1. The van der Waals surface area contributed by atoms with E-state index >= 15 is 0 Å². The Morgan fingerprint density at radius 1 is 1.50 bits per heavy atom. The number of methoxy groups -OCH3 is 1. The molecule has 0 spiro atoms. The lowest BCUT2D eigenvalue weighted by Crippen LogP contribution is -2.02. The van der Waals surface area contributed by atoms with Crippen LogP contribution in [0.4, 0.5) is 4.39 Å². The molecule has 0 saturated carbocycles. The lowest BCUT2D eigenvalue weighted by Gasteiger charge is -1.98. The number of rotatable bonds is 4. The van der Waals surface area contributed by atoms with Gasteiger partial charge in [0.25, 0.3) is 0 Å². The Balaban J connectivity index is 2.38. The van der Waals surface area contributed by atoms with Crippen LogP contribution in [-0.2, 0) is 4.74 Å². The Morgan fingerprint density at radius 2 is 2.31 bits per heavy atom. The van der Waals surface area contributed by atoms with E-state index in [9.17, 15) is 9.18 Å². The summed E-state index contributed by atoms with van der Waals surface area (Å²) in [6.07, 6.45) is 0.332. The van der Waals surface area contributed by atoms with Gasteiger partial charge in [-0.15, -0.1) is 11.3 Å². The first-order valence-corrected chi connectivity index (χ1v) is 5.80. The summed E-state index contributed by atoms with van der Waals surface area (Å²) in [4.78, 5) is 11.8. The van der Waals surface area contributed by atoms with Crippen molar-refractivity contribution in [1.82, 2.24) is 0 Å². The Morgan fingerprint density at radius 3 is 3.06 bits per heavy atom. The van der Waals surface area contributed by atoms with Crippen molar-refractivity contribution in [3.8, 4) is 0 Å². The number of ether oxygens (including phenoxy) is 1. The number of Topliss-reactive ketones (excluding diaryl/α,β-unsaturated/α-hetero) is 1. The second-order valence-corrected chi connectivity index (χ2v) is 4.31. The van der Waals surface area contributed by atoms with Crippen LogP contribution in [0.2, 0.25) is 0 Å². The van der Waals surface area contributed by atoms with Crippen molar-refractivity contribution in [1.29, 1.82) is 0 Å². The maximum absolute atomic E-state index is 13.4. The van der Waals surface area contributed by atoms with E-state index in [4.69, 9.17) is 4.74 Å². The van der Waals surface area contributed by atoms with Crippen molar-refractivity contribution >= 4 is 27.2 Å². The topological polar surface area (TPSA) is 26.3 Å². The van der Waals surface area contributed by atoms with Gasteiger partial charge in [-0.2, -0.15) is 0 Å². The molecule has 2 rings (SSSR count). The summed E-state index contributed by atoms with van der Waals surface area (Å²) in [6, 6.07) is 4.80. The SMILES string of the molecule is COCCC(=O)c1csc2c(F)cccc12. The number of carbonyl (C=O) groups is 1. The molecule has 0 fully saturated rings. The molecule has 0 radical (unpaired) electrons. The summed E-state index contributed by atoms with van der Waals surface area (Å²) in [5.74, 6) is -0.271. The lowest BCUT2D eigenvalue weighted by molar-refractivity contribution is 0.0934. The van der Waals surface area contributed by atoms with E-state index in [0.717, 1.165) is 0 Å². The molecule has 1 heterocycles. The molecule has 0 unspecified atom stereocenters. The molecule has 84 valence electrons. The van der Waals surface area contributed by atoms with Crippen LogP contribution in [0.25, 0.3) is 10.1 Å². The average Bonchev–Trinajstić information content (AvgIpc) is 2.71. The third-order valence-electron chi connectivity index (χ3n) is 2.39. The largest absolute Gasteiger partial charge is 0.384 e. The van der Waals surface area contributed by atoms with Crippen molar-refractivity contribution in [2.45, 2.75) is 6.42 Å². The molecule has 0 aliphatic rings. The minimum atomic E-state index is -0.270. The molecule has 0 saturated heterocycles. The highest BCUT2D eigenvalue weighted by molar-refractivity contribution is 7.17. The molecule has 0 N–H and O–H groups in total. The van der Waals surface area contributed by atoms with Gasteiger partial charge in [-0.25, -0.2) is 4.39 Å². The summed E-state index contributed by atoms with van der Waals surface area (Å²) in [5.41, 5.74) is 0.594. The molecule has 2 aromatic rings. The minimum absolute atomic E-state index is 0.00120. The van der Waals surface area contributed by atoms with Gasteiger partial charge < -0.3 is 4.74 Å². The fourth-order valence-corrected chi connectivity index (χ4v) is 2.55. The van der Waals surface area contributed by atoms with Gasteiger partial charge in [-0.1, -0.05) is 12.1 Å². The fraction of sp³-hybridized carbons (Fsp3) is 0.250. The van der Waals surface area contributed by atoms with Crippen LogP contribution in [0.3, 0.4) is 0 Å². The van der Waals surface area contributed by atoms with E-state index in [2.05, 4.69) is 0 Å². The zero-order chi connectivity index (χ0) is 11.5. The van der Waals surface area contributed by atoms with E-state index < -0.39 is 0 Å². The van der Waals surface area contributed by atoms with Gasteiger partial charge in [-0.05, 0) is 6.07 Å². The number of fused-ring (bicyclic) bond motifs is 1. The Bertz CT molecular complexity index is 519. The quantitative estimate of drug-likeness (QED) is 0.764. The van der Waals surface area contributed by atoms with Crippen molar-refractivity contribution in [2.75, 3.05) is 13.7 Å². The second-order valence-electron chi connectivity index (χ2n) is 3.43. The van der Waals surface area contributed by atoms with Crippen molar-refractivity contribution < 1.29 is 13.9 Å². The first-order valence-electron chi connectivity index (χ1n) is 4.92. The summed E-state index contributed by atoms with van der Waals surface area (Å²) in [7, 11) is 1.55. The molecule has 0 atom stereocenters. The summed E-state index contributed by atoms with van der Waals surface area (Å²) >= 11 is 1.27.